The Bertz CT molecular complexity index is 565. The predicted molar refractivity (Wildman–Crippen MR) is 83.8 cm³/mol. The SMILES string of the molecule is C=C[C@](C)(NCc1ccccc1)c1ccccc1OC. The number of nitrogens with one attached hydrogen (secondary N) is 1. The van der Waals surface area contributed by atoms with Crippen LogP contribution in [0.25, 0.3) is 0 Å². The van der Waals surface area contributed by atoms with Crippen molar-refractivity contribution in [1.82, 2.24) is 5.32 Å². The van der Waals surface area contributed by atoms with Crippen molar-refractivity contribution in [3.63, 3.8) is 0 Å². The van der Waals surface area contributed by atoms with Crippen molar-refractivity contribution in [2.75, 3.05) is 7.11 Å². The van der Waals surface area contributed by atoms with Crippen LogP contribution in [0.2, 0.25) is 0 Å². The number of hydrogen-bond donors (Lipinski definition) is 1. The maximum Gasteiger partial charge on any atom is 0.124 e. The number of methoxy groups -OCH3 is 1. The van der Waals surface area contributed by atoms with Crippen molar-refractivity contribution in [2.24, 2.45) is 0 Å². The summed E-state index contributed by atoms with van der Waals surface area (Å²) in [6.45, 7) is 6.87. The maximum atomic E-state index is 5.46. The van der Waals surface area contributed by atoms with Crippen LogP contribution in [-0.2, 0) is 12.1 Å². The van der Waals surface area contributed by atoms with Crippen molar-refractivity contribution in [2.45, 2.75) is 19.0 Å². The highest BCUT2D eigenvalue weighted by Gasteiger charge is 2.25. The molecule has 2 aromatic rings. The van der Waals surface area contributed by atoms with Crippen LogP contribution < -0.4 is 10.1 Å². The summed E-state index contributed by atoms with van der Waals surface area (Å²) >= 11 is 0. The van der Waals surface area contributed by atoms with E-state index >= 15 is 0 Å². The van der Waals surface area contributed by atoms with Crippen LogP contribution in [0.5, 0.6) is 5.75 Å². The van der Waals surface area contributed by atoms with E-state index in [2.05, 4.69) is 37.0 Å². The van der Waals surface area contributed by atoms with Gasteiger partial charge in [-0.25, -0.2) is 0 Å². The Balaban J connectivity index is 2.22. The zero-order valence-electron chi connectivity index (χ0n) is 12.1. The molecule has 2 heteroatoms. The van der Waals surface area contributed by atoms with Crippen molar-refractivity contribution in [1.29, 1.82) is 0 Å². The molecule has 0 amide bonds. The molecule has 0 aromatic heterocycles. The number of rotatable bonds is 6. The highest BCUT2D eigenvalue weighted by atomic mass is 16.5. The number of hydrogen-bond acceptors (Lipinski definition) is 2. The van der Waals surface area contributed by atoms with Gasteiger partial charge in [-0.2, -0.15) is 0 Å². The van der Waals surface area contributed by atoms with Crippen LogP contribution in [0, 0.1) is 0 Å². The Morgan fingerprint density at radius 1 is 1.10 bits per heavy atom. The molecule has 1 N–H and O–H groups in total. The Hall–Kier alpha value is -2.06. The van der Waals surface area contributed by atoms with Crippen molar-refractivity contribution in [3.05, 3.63) is 78.4 Å². The van der Waals surface area contributed by atoms with Crippen LogP contribution in [0.1, 0.15) is 18.1 Å². The fraction of sp³-hybridized carbons (Fsp3) is 0.222. The number of para-hydroxylation sites is 1. The van der Waals surface area contributed by atoms with Gasteiger partial charge in [-0.1, -0.05) is 54.6 Å². The van der Waals surface area contributed by atoms with Crippen LogP contribution >= 0.6 is 0 Å². The highest BCUT2D eigenvalue weighted by Crippen LogP contribution is 2.30. The standard InChI is InChI=1S/C18H21NO/c1-4-18(2,16-12-8-9-13-17(16)20-3)19-14-15-10-6-5-7-11-15/h4-13,19H,1,14H2,2-3H3/t18-/m0/s1. The smallest absolute Gasteiger partial charge is 0.124 e. The molecule has 0 saturated heterocycles. The van der Waals surface area contributed by atoms with Crippen LogP contribution in [-0.4, -0.2) is 7.11 Å². The Morgan fingerprint density at radius 2 is 1.75 bits per heavy atom. The summed E-state index contributed by atoms with van der Waals surface area (Å²) in [6, 6.07) is 18.4. The molecule has 0 heterocycles. The monoisotopic (exact) mass is 267 g/mol. The summed E-state index contributed by atoms with van der Waals surface area (Å²) in [7, 11) is 1.69. The first-order valence-corrected chi connectivity index (χ1v) is 6.75. The van der Waals surface area contributed by atoms with E-state index in [1.807, 2.05) is 42.5 Å². The van der Waals surface area contributed by atoms with Crippen LogP contribution in [0.15, 0.2) is 67.3 Å². The molecule has 0 radical (unpaired) electrons. The van der Waals surface area contributed by atoms with Gasteiger partial charge in [0.25, 0.3) is 0 Å². The van der Waals surface area contributed by atoms with Crippen molar-refractivity contribution in [3.8, 4) is 5.75 Å². The summed E-state index contributed by atoms with van der Waals surface area (Å²) in [5.41, 5.74) is 2.01. The fourth-order valence-electron chi connectivity index (χ4n) is 2.23. The van der Waals surface area contributed by atoms with Crippen molar-refractivity contribution >= 4 is 0 Å². The molecule has 0 spiro atoms. The average molecular weight is 267 g/mol. The minimum Gasteiger partial charge on any atom is -0.496 e. The van der Waals surface area contributed by atoms with E-state index in [0.29, 0.717) is 0 Å². The summed E-state index contributed by atoms with van der Waals surface area (Å²) in [4.78, 5) is 0. The quantitative estimate of drug-likeness (QED) is 0.802. The van der Waals surface area contributed by atoms with E-state index in [0.717, 1.165) is 17.9 Å². The lowest BCUT2D eigenvalue weighted by Crippen LogP contribution is -2.37. The lowest BCUT2D eigenvalue weighted by Gasteiger charge is -2.29. The molecule has 2 aromatic carbocycles. The van der Waals surface area contributed by atoms with Gasteiger partial charge in [-0.05, 0) is 18.6 Å². The first-order valence-electron chi connectivity index (χ1n) is 6.75. The zero-order valence-corrected chi connectivity index (χ0v) is 12.1. The first kappa shape index (κ1) is 14.4. The van der Waals surface area contributed by atoms with E-state index in [1.54, 1.807) is 7.11 Å². The van der Waals surface area contributed by atoms with Gasteiger partial charge in [0.05, 0.1) is 12.6 Å². The Labute approximate surface area is 121 Å². The molecule has 104 valence electrons. The Morgan fingerprint density at radius 3 is 2.40 bits per heavy atom. The largest absolute Gasteiger partial charge is 0.496 e. The molecule has 0 bridgehead atoms. The van der Waals surface area contributed by atoms with E-state index in [4.69, 9.17) is 4.74 Å². The van der Waals surface area contributed by atoms with Crippen molar-refractivity contribution < 1.29 is 4.74 Å². The molecular formula is C18H21NO. The fourth-order valence-corrected chi connectivity index (χ4v) is 2.23. The van der Waals surface area contributed by atoms with Gasteiger partial charge < -0.3 is 10.1 Å². The summed E-state index contributed by atoms with van der Waals surface area (Å²) in [5, 5.41) is 3.56. The predicted octanol–water partition coefficient (Wildman–Crippen LogP) is 3.89. The minimum atomic E-state index is -0.331. The topological polar surface area (TPSA) is 21.3 Å². The molecular weight excluding hydrogens is 246 g/mol. The van der Waals surface area contributed by atoms with E-state index < -0.39 is 0 Å². The zero-order chi connectivity index (χ0) is 14.4. The first-order chi connectivity index (χ1) is 9.69. The molecule has 0 aliphatic carbocycles. The van der Waals surface area contributed by atoms with Gasteiger partial charge in [-0.15, -0.1) is 6.58 Å². The molecule has 0 saturated carbocycles. The summed E-state index contributed by atoms with van der Waals surface area (Å²) in [6.07, 6.45) is 1.92. The third-order valence-corrected chi connectivity index (χ3v) is 3.58. The van der Waals surface area contributed by atoms with E-state index in [9.17, 15) is 0 Å². The molecule has 1 atom stereocenters. The molecule has 20 heavy (non-hydrogen) atoms. The summed E-state index contributed by atoms with van der Waals surface area (Å²) in [5.74, 6) is 0.871. The van der Waals surface area contributed by atoms with Gasteiger partial charge in [-0.3, -0.25) is 0 Å². The third kappa shape index (κ3) is 3.09. The summed E-state index contributed by atoms with van der Waals surface area (Å²) < 4.78 is 5.46. The normalized spacial score (nSPS) is 13.5. The van der Waals surface area contributed by atoms with E-state index in [1.165, 1.54) is 5.56 Å². The van der Waals surface area contributed by atoms with Gasteiger partial charge in [0.1, 0.15) is 5.75 Å². The third-order valence-electron chi connectivity index (χ3n) is 3.58. The van der Waals surface area contributed by atoms with Gasteiger partial charge in [0.15, 0.2) is 0 Å². The van der Waals surface area contributed by atoms with Gasteiger partial charge >= 0.3 is 0 Å². The van der Waals surface area contributed by atoms with Gasteiger partial charge in [0, 0.05) is 12.1 Å². The molecule has 0 unspecified atom stereocenters. The molecule has 2 rings (SSSR count). The number of benzene rings is 2. The van der Waals surface area contributed by atoms with Gasteiger partial charge in [0.2, 0.25) is 0 Å². The second-order valence-corrected chi connectivity index (χ2v) is 4.95. The lowest BCUT2D eigenvalue weighted by atomic mass is 9.91. The minimum absolute atomic E-state index is 0.331. The highest BCUT2D eigenvalue weighted by molar-refractivity contribution is 5.41. The van der Waals surface area contributed by atoms with Crippen LogP contribution in [0.4, 0.5) is 0 Å². The number of ether oxygens (including phenoxy) is 1. The second-order valence-electron chi connectivity index (χ2n) is 4.95. The lowest BCUT2D eigenvalue weighted by molar-refractivity contribution is 0.380. The Kier molecular flexibility index (Phi) is 4.59. The molecule has 0 fully saturated rings. The molecule has 0 aliphatic heterocycles. The molecule has 2 nitrogen and oxygen atoms in total. The molecule has 0 aliphatic rings. The second kappa shape index (κ2) is 6.40. The van der Waals surface area contributed by atoms with Crippen LogP contribution in [0.3, 0.4) is 0 Å². The maximum absolute atomic E-state index is 5.46. The average Bonchev–Trinajstić information content (AvgIpc) is 2.53. The van der Waals surface area contributed by atoms with E-state index in [-0.39, 0.29) is 5.54 Å².